The highest BCUT2D eigenvalue weighted by molar-refractivity contribution is 7.99. The molecule has 2 aromatic rings. The first kappa shape index (κ1) is 18.8. The monoisotopic (exact) mass is 371 g/mol. The van der Waals surface area contributed by atoms with Crippen LogP contribution >= 0.6 is 11.8 Å². The van der Waals surface area contributed by atoms with E-state index in [1.54, 1.807) is 18.2 Å². The number of carbonyl (C=O) groups is 1. The lowest BCUT2D eigenvalue weighted by atomic mass is 9.98. The molecule has 1 aliphatic rings. The topological polar surface area (TPSA) is 49.8 Å². The highest BCUT2D eigenvalue weighted by atomic mass is 32.2. The van der Waals surface area contributed by atoms with E-state index < -0.39 is 5.97 Å². The van der Waals surface area contributed by atoms with Gasteiger partial charge in [-0.05, 0) is 42.4 Å². The molecule has 1 atom stereocenters. The predicted octanol–water partition coefficient (Wildman–Crippen LogP) is 4.44. The van der Waals surface area contributed by atoms with Crippen LogP contribution in [0, 0.1) is 0 Å². The molecular formula is C21H25NO3S. The summed E-state index contributed by atoms with van der Waals surface area (Å²) in [5.74, 6) is 0.862. The van der Waals surface area contributed by atoms with Gasteiger partial charge < -0.3 is 14.7 Å². The first-order chi connectivity index (χ1) is 12.6. The summed E-state index contributed by atoms with van der Waals surface area (Å²) < 4.78 is 5.99. The summed E-state index contributed by atoms with van der Waals surface area (Å²) in [7, 11) is 0. The van der Waals surface area contributed by atoms with Crippen LogP contribution in [0.5, 0.6) is 5.75 Å². The molecule has 0 spiro atoms. The molecule has 1 unspecified atom stereocenters. The largest absolute Gasteiger partial charge is 0.489 e. The van der Waals surface area contributed by atoms with Gasteiger partial charge in [-0.2, -0.15) is 0 Å². The first-order valence-corrected chi connectivity index (χ1v) is 10.1. The second kappa shape index (κ2) is 8.60. The lowest BCUT2D eigenvalue weighted by Gasteiger charge is -2.22. The number of carboxylic acid groups (broad SMARTS) is 1. The fourth-order valence-electron chi connectivity index (χ4n) is 3.28. The zero-order valence-electron chi connectivity index (χ0n) is 15.3. The van der Waals surface area contributed by atoms with E-state index in [0.717, 1.165) is 36.7 Å². The van der Waals surface area contributed by atoms with Crippen molar-refractivity contribution >= 4 is 17.7 Å². The van der Waals surface area contributed by atoms with Crippen LogP contribution < -0.4 is 4.74 Å². The van der Waals surface area contributed by atoms with E-state index in [9.17, 15) is 9.90 Å². The summed E-state index contributed by atoms with van der Waals surface area (Å²) in [4.78, 5) is 13.9. The normalized spacial score (nSPS) is 15.7. The van der Waals surface area contributed by atoms with Crippen molar-refractivity contribution in [3.63, 3.8) is 0 Å². The fraction of sp³-hybridized carbons (Fsp3) is 0.381. The number of benzene rings is 2. The van der Waals surface area contributed by atoms with E-state index in [-0.39, 0.29) is 5.25 Å². The molecule has 0 fully saturated rings. The van der Waals surface area contributed by atoms with Gasteiger partial charge in [0.15, 0.2) is 0 Å². The molecule has 0 saturated heterocycles. The van der Waals surface area contributed by atoms with Gasteiger partial charge in [-0.25, -0.2) is 4.79 Å². The maximum absolute atomic E-state index is 11.5. The van der Waals surface area contributed by atoms with Crippen molar-refractivity contribution in [2.45, 2.75) is 25.7 Å². The number of aromatic carboxylic acids is 1. The summed E-state index contributed by atoms with van der Waals surface area (Å²) in [6.45, 7) is 7.98. The Morgan fingerprint density at radius 2 is 1.96 bits per heavy atom. The van der Waals surface area contributed by atoms with Crippen LogP contribution in [0.3, 0.4) is 0 Å². The van der Waals surface area contributed by atoms with Crippen LogP contribution in [-0.4, -0.2) is 41.4 Å². The predicted molar refractivity (Wildman–Crippen MR) is 106 cm³/mol. The van der Waals surface area contributed by atoms with E-state index in [2.05, 4.69) is 30.9 Å². The Morgan fingerprint density at radius 3 is 2.69 bits per heavy atom. The molecule has 26 heavy (non-hydrogen) atoms. The average molecular weight is 372 g/mol. The Labute approximate surface area is 159 Å². The van der Waals surface area contributed by atoms with Gasteiger partial charge in [-0.15, -0.1) is 11.8 Å². The Balaban J connectivity index is 1.94. The van der Waals surface area contributed by atoms with Crippen molar-refractivity contribution in [1.29, 1.82) is 0 Å². The van der Waals surface area contributed by atoms with E-state index in [1.807, 2.05) is 23.9 Å². The maximum Gasteiger partial charge on any atom is 0.335 e. The van der Waals surface area contributed by atoms with Gasteiger partial charge in [0, 0.05) is 17.9 Å². The van der Waals surface area contributed by atoms with Crippen molar-refractivity contribution in [2.75, 3.05) is 25.4 Å². The van der Waals surface area contributed by atoms with Crippen LogP contribution in [0.4, 0.5) is 0 Å². The van der Waals surface area contributed by atoms with Gasteiger partial charge in [0.1, 0.15) is 12.4 Å². The molecule has 1 heterocycles. The second-order valence-electron chi connectivity index (χ2n) is 6.32. The van der Waals surface area contributed by atoms with E-state index in [0.29, 0.717) is 12.2 Å². The molecule has 0 aliphatic carbocycles. The molecule has 5 heteroatoms. The van der Waals surface area contributed by atoms with Crippen LogP contribution in [0.25, 0.3) is 0 Å². The van der Waals surface area contributed by atoms with Crippen LogP contribution in [-0.2, 0) is 6.61 Å². The highest BCUT2D eigenvalue weighted by Crippen LogP contribution is 2.44. The maximum atomic E-state index is 11.5. The minimum atomic E-state index is -0.905. The van der Waals surface area contributed by atoms with Crippen molar-refractivity contribution in [1.82, 2.24) is 4.90 Å². The molecular weight excluding hydrogens is 346 g/mol. The summed E-state index contributed by atoms with van der Waals surface area (Å²) in [5.41, 5.74) is 3.65. The van der Waals surface area contributed by atoms with Crippen LogP contribution in [0.1, 0.15) is 46.1 Å². The summed E-state index contributed by atoms with van der Waals surface area (Å²) >= 11 is 1.86. The number of fused-ring (bicyclic) bond motifs is 2. The standard InChI is InChI=1S/C21H25NO3S/c1-3-22(4-2)11-12-26-20-17-8-6-5-7-16(17)14-25-19-10-9-15(21(23)24)13-18(19)20/h5-10,13,20H,3-4,11-12,14H2,1-2H3,(H,23,24). The number of rotatable bonds is 7. The molecule has 0 saturated carbocycles. The molecule has 0 radical (unpaired) electrons. The Bertz CT molecular complexity index is 774. The third-order valence-corrected chi connectivity index (χ3v) is 6.11. The lowest BCUT2D eigenvalue weighted by Crippen LogP contribution is -2.25. The Kier molecular flexibility index (Phi) is 6.22. The van der Waals surface area contributed by atoms with Crippen molar-refractivity contribution < 1.29 is 14.6 Å². The van der Waals surface area contributed by atoms with Crippen molar-refractivity contribution in [3.8, 4) is 5.75 Å². The summed E-state index contributed by atoms with van der Waals surface area (Å²) in [6.07, 6.45) is 0. The number of carboxylic acids is 1. The average Bonchev–Trinajstić information content (AvgIpc) is 2.82. The summed E-state index contributed by atoms with van der Waals surface area (Å²) in [5, 5.41) is 9.48. The molecule has 3 rings (SSSR count). The molecule has 4 nitrogen and oxygen atoms in total. The minimum absolute atomic E-state index is 0.0820. The van der Waals surface area contributed by atoms with Gasteiger partial charge in [-0.1, -0.05) is 38.1 Å². The Hall–Kier alpha value is -1.98. The SMILES string of the molecule is CCN(CC)CCSC1c2ccccc2COc2ccc(C(=O)O)cc21. The third kappa shape index (κ3) is 4.05. The molecule has 0 amide bonds. The highest BCUT2D eigenvalue weighted by Gasteiger charge is 2.26. The van der Waals surface area contributed by atoms with Gasteiger partial charge in [0.25, 0.3) is 0 Å². The number of hydrogen-bond donors (Lipinski definition) is 1. The van der Waals surface area contributed by atoms with Crippen molar-refractivity contribution in [2.24, 2.45) is 0 Å². The Morgan fingerprint density at radius 1 is 1.19 bits per heavy atom. The number of ether oxygens (including phenoxy) is 1. The molecule has 0 aromatic heterocycles. The zero-order valence-corrected chi connectivity index (χ0v) is 16.1. The van der Waals surface area contributed by atoms with Gasteiger partial charge in [0.05, 0.1) is 10.8 Å². The molecule has 0 bridgehead atoms. The molecule has 1 N–H and O–H groups in total. The number of hydrogen-bond acceptors (Lipinski definition) is 4. The van der Waals surface area contributed by atoms with E-state index >= 15 is 0 Å². The quantitative estimate of drug-likeness (QED) is 0.780. The third-order valence-electron chi connectivity index (χ3n) is 4.85. The molecule has 2 aromatic carbocycles. The van der Waals surface area contributed by atoms with Gasteiger partial charge in [0.2, 0.25) is 0 Å². The summed E-state index contributed by atoms with van der Waals surface area (Å²) in [6, 6.07) is 13.5. The molecule has 1 aliphatic heterocycles. The van der Waals surface area contributed by atoms with Crippen LogP contribution in [0.15, 0.2) is 42.5 Å². The molecule has 138 valence electrons. The number of nitrogens with zero attached hydrogens (tertiary/aromatic N) is 1. The van der Waals surface area contributed by atoms with Gasteiger partial charge in [-0.3, -0.25) is 0 Å². The number of thioether (sulfide) groups is 1. The van der Waals surface area contributed by atoms with Gasteiger partial charge >= 0.3 is 5.97 Å². The fourth-order valence-corrected chi connectivity index (χ4v) is 4.65. The van der Waals surface area contributed by atoms with E-state index in [4.69, 9.17) is 4.74 Å². The lowest BCUT2D eigenvalue weighted by molar-refractivity contribution is 0.0696. The first-order valence-electron chi connectivity index (χ1n) is 9.05. The van der Waals surface area contributed by atoms with E-state index in [1.165, 1.54) is 11.1 Å². The minimum Gasteiger partial charge on any atom is -0.489 e. The van der Waals surface area contributed by atoms with Crippen molar-refractivity contribution in [3.05, 3.63) is 64.7 Å². The second-order valence-corrected chi connectivity index (χ2v) is 7.54. The smallest absolute Gasteiger partial charge is 0.335 e. The van der Waals surface area contributed by atoms with Crippen LogP contribution in [0.2, 0.25) is 0 Å². The zero-order chi connectivity index (χ0) is 18.5.